The molecule has 1 rings (SSSR count). The van der Waals surface area contributed by atoms with E-state index in [9.17, 15) is 0 Å². The predicted octanol–water partition coefficient (Wildman–Crippen LogP) is 4.03. The van der Waals surface area contributed by atoms with Gasteiger partial charge in [-0.25, -0.2) is 0 Å². The van der Waals surface area contributed by atoms with Crippen LogP contribution in [0, 0.1) is 17.8 Å². The standard InChI is InChI=1S/C17H28ClNO/c1-13(2)10-19-11-16(14(3)12-20-4)8-15-6-5-7-17(18)9-15/h5-7,9,13-14,16,19H,8,10-12H2,1-4H3. The molecule has 0 spiro atoms. The van der Waals surface area contributed by atoms with Gasteiger partial charge in [-0.1, -0.05) is 44.5 Å². The lowest BCUT2D eigenvalue weighted by molar-refractivity contribution is 0.128. The van der Waals surface area contributed by atoms with Gasteiger partial charge >= 0.3 is 0 Å². The molecule has 0 heterocycles. The van der Waals surface area contributed by atoms with E-state index in [1.165, 1.54) is 5.56 Å². The molecule has 0 amide bonds. The van der Waals surface area contributed by atoms with Gasteiger partial charge in [-0.15, -0.1) is 0 Å². The molecule has 0 aliphatic rings. The van der Waals surface area contributed by atoms with Gasteiger partial charge in [0.15, 0.2) is 0 Å². The summed E-state index contributed by atoms with van der Waals surface area (Å²) in [6.45, 7) is 9.61. The van der Waals surface area contributed by atoms with Crippen molar-refractivity contribution in [2.45, 2.75) is 27.2 Å². The zero-order chi connectivity index (χ0) is 15.0. The molecule has 0 radical (unpaired) electrons. The van der Waals surface area contributed by atoms with Gasteiger partial charge < -0.3 is 10.1 Å². The van der Waals surface area contributed by atoms with Crippen molar-refractivity contribution in [1.82, 2.24) is 5.32 Å². The van der Waals surface area contributed by atoms with Gasteiger partial charge in [0, 0.05) is 18.7 Å². The van der Waals surface area contributed by atoms with Gasteiger partial charge in [-0.2, -0.15) is 0 Å². The van der Waals surface area contributed by atoms with Crippen molar-refractivity contribution in [2.75, 3.05) is 26.8 Å². The first-order chi connectivity index (χ1) is 9.52. The number of ether oxygens (including phenoxy) is 1. The van der Waals surface area contributed by atoms with Crippen LogP contribution in [0.3, 0.4) is 0 Å². The highest BCUT2D eigenvalue weighted by Gasteiger charge is 2.18. The minimum absolute atomic E-state index is 0.527. The SMILES string of the molecule is COCC(C)C(CNCC(C)C)Cc1cccc(Cl)c1. The van der Waals surface area contributed by atoms with Crippen LogP contribution < -0.4 is 5.32 Å². The average Bonchev–Trinajstić information content (AvgIpc) is 2.37. The summed E-state index contributed by atoms with van der Waals surface area (Å²) in [5, 5.41) is 4.39. The molecule has 114 valence electrons. The zero-order valence-electron chi connectivity index (χ0n) is 13.2. The lowest BCUT2D eigenvalue weighted by atomic mass is 9.88. The largest absolute Gasteiger partial charge is 0.384 e. The summed E-state index contributed by atoms with van der Waals surface area (Å²) in [4.78, 5) is 0. The molecule has 3 heteroatoms. The van der Waals surface area contributed by atoms with E-state index in [-0.39, 0.29) is 0 Å². The third kappa shape index (κ3) is 6.74. The van der Waals surface area contributed by atoms with Crippen LogP contribution in [0.1, 0.15) is 26.3 Å². The van der Waals surface area contributed by atoms with Gasteiger partial charge in [0.25, 0.3) is 0 Å². The summed E-state index contributed by atoms with van der Waals surface area (Å²) in [5.74, 6) is 1.77. The average molecular weight is 298 g/mol. The van der Waals surface area contributed by atoms with Crippen molar-refractivity contribution in [1.29, 1.82) is 0 Å². The van der Waals surface area contributed by atoms with Gasteiger partial charge in [0.2, 0.25) is 0 Å². The second kappa shape index (κ2) is 9.38. The number of methoxy groups -OCH3 is 1. The maximum atomic E-state index is 6.07. The zero-order valence-corrected chi connectivity index (χ0v) is 13.9. The minimum atomic E-state index is 0.527. The molecule has 1 aromatic rings. The van der Waals surface area contributed by atoms with Crippen molar-refractivity contribution < 1.29 is 4.74 Å². The highest BCUT2D eigenvalue weighted by Crippen LogP contribution is 2.20. The Bertz CT molecular complexity index is 381. The smallest absolute Gasteiger partial charge is 0.0491 e. The Morgan fingerprint density at radius 3 is 2.55 bits per heavy atom. The van der Waals surface area contributed by atoms with Gasteiger partial charge in [-0.05, 0) is 55.0 Å². The van der Waals surface area contributed by atoms with Crippen LogP contribution in [0.2, 0.25) is 5.02 Å². The minimum Gasteiger partial charge on any atom is -0.384 e. The number of halogens is 1. The van der Waals surface area contributed by atoms with E-state index in [1.807, 2.05) is 12.1 Å². The molecule has 0 fully saturated rings. The van der Waals surface area contributed by atoms with Crippen LogP contribution in [-0.4, -0.2) is 26.8 Å². The first kappa shape index (κ1) is 17.5. The summed E-state index contributed by atoms with van der Waals surface area (Å²) in [7, 11) is 1.77. The molecule has 1 N–H and O–H groups in total. The molecule has 0 aromatic heterocycles. The fraction of sp³-hybridized carbons (Fsp3) is 0.647. The first-order valence-corrected chi connectivity index (χ1v) is 7.84. The van der Waals surface area contributed by atoms with Crippen molar-refractivity contribution >= 4 is 11.6 Å². The van der Waals surface area contributed by atoms with E-state index in [0.717, 1.165) is 31.1 Å². The number of nitrogens with one attached hydrogen (secondary N) is 1. The molecule has 2 unspecified atom stereocenters. The lowest BCUT2D eigenvalue weighted by Gasteiger charge is -2.24. The second-order valence-electron chi connectivity index (χ2n) is 6.08. The van der Waals surface area contributed by atoms with Crippen molar-refractivity contribution in [3.8, 4) is 0 Å². The Hall–Kier alpha value is -0.570. The quantitative estimate of drug-likeness (QED) is 0.743. The first-order valence-electron chi connectivity index (χ1n) is 7.47. The van der Waals surface area contributed by atoms with E-state index in [1.54, 1.807) is 7.11 Å². The van der Waals surface area contributed by atoms with Crippen molar-refractivity contribution in [2.24, 2.45) is 17.8 Å². The Morgan fingerprint density at radius 1 is 1.20 bits per heavy atom. The summed E-state index contributed by atoms with van der Waals surface area (Å²) < 4.78 is 5.32. The van der Waals surface area contributed by atoms with Crippen LogP contribution in [0.15, 0.2) is 24.3 Å². The van der Waals surface area contributed by atoms with Crippen LogP contribution in [-0.2, 0) is 11.2 Å². The summed E-state index contributed by atoms with van der Waals surface area (Å²) in [5.41, 5.74) is 1.30. The van der Waals surface area contributed by atoms with Crippen molar-refractivity contribution in [3.05, 3.63) is 34.9 Å². The van der Waals surface area contributed by atoms with E-state index in [2.05, 4.69) is 38.2 Å². The third-order valence-corrected chi connectivity index (χ3v) is 3.82. The lowest BCUT2D eigenvalue weighted by Crippen LogP contribution is -2.32. The summed E-state index contributed by atoms with van der Waals surface area (Å²) in [6, 6.07) is 8.17. The third-order valence-electron chi connectivity index (χ3n) is 3.58. The predicted molar refractivity (Wildman–Crippen MR) is 87.4 cm³/mol. The van der Waals surface area contributed by atoms with E-state index in [4.69, 9.17) is 16.3 Å². The van der Waals surface area contributed by atoms with Crippen LogP contribution >= 0.6 is 11.6 Å². The molecular weight excluding hydrogens is 270 g/mol. The van der Waals surface area contributed by atoms with Crippen LogP contribution in [0.4, 0.5) is 0 Å². The molecule has 0 aliphatic heterocycles. The fourth-order valence-electron chi connectivity index (χ4n) is 2.40. The monoisotopic (exact) mass is 297 g/mol. The topological polar surface area (TPSA) is 21.3 Å². The van der Waals surface area contributed by atoms with E-state index < -0.39 is 0 Å². The number of hydrogen-bond donors (Lipinski definition) is 1. The Labute approximate surface area is 128 Å². The number of hydrogen-bond acceptors (Lipinski definition) is 2. The Balaban J connectivity index is 2.61. The van der Waals surface area contributed by atoms with Crippen molar-refractivity contribution in [3.63, 3.8) is 0 Å². The fourth-order valence-corrected chi connectivity index (χ4v) is 2.61. The second-order valence-corrected chi connectivity index (χ2v) is 6.52. The highest BCUT2D eigenvalue weighted by atomic mass is 35.5. The van der Waals surface area contributed by atoms with Crippen LogP contribution in [0.5, 0.6) is 0 Å². The Morgan fingerprint density at radius 2 is 1.95 bits per heavy atom. The molecule has 2 nitrogen and oxygen atoms in total. The molecule has 0 bridgehead atoms. The molecule has 20 heavy (non-hydrogen) atoms. The van der Waals surface area contributed by atoms with Crippen LogP contribution in [0.25, 0.3) is 0 Å². The maximum Gasteiger partial charge on any atom is 0.0491 e. The molecular formula is C17H28ClNO. The van der Waals surface area contributed by atoms with Gasteiger partial charge in [-0.3, -0.25) is 0 Å². The molecule has 0 aliphatic carbocycles. The van der Waals surface area contributed by atoms with E-state index in [0.29, 0.717) is 17.8 Å². The normalized spacial score (nSPS) is 14.5. The van der Waals surface area contributed by atoms with Gasteiger partial charge in [0.1, 0.15) is 0 Å². The highest BCUT2D eigenvalue weighted by molar-refractivity contribution is 6.30. The summed E-state index contributed by atoms with van der Waals surface area (Å²) in [6.07, 6.45) is 1.04. The number of rotatable bonds is 9. The van der Waals surface area contributed by atoms with E-state index >= 15 is 0 Å². The molecule has 0 saturated carbocycles. The molecule has 0 saturated heterocycles. The maximum absolute atomic E-state index is 6.07. The summed E-state index contributed by atoms with van der Waals surface area (Å²) >= 11 is 6.07. The Kier molecular flexibility index (Phi) is 8.20. The number of benzene rings is 1. The molecule has 1 aromatic carbocycles. The molecule has 2 atom stereocenters. The van der Waals surface area contributed by atoms with Gasteiger partial charge in [0.05, 0.1) is 0 Å².